The maximum atomic E-state index is 12.7. The molecule has 4 rings (SSSR count). The molecule has 0 bridgehead atoms. The summed E-state index contributed by atoms with van der Waals surface area (Å²) in [6, 6.07) is 31.2. The third-order valence-electron chi connectivity index (χ3n) is 6.56. The first-order valence-electron chi connectivity index (χ1n) is 11.4. The second-order valence-corrected chi connectivity index (χ2v) is 14.0. The van der Waals surface area contributed by atoms with Gasteiger partial charge in [0.15, 0.2) is 0 Å². The van der Waals surface area contributed by atoms with Crippen LogP contribution in [0.1, 0.15) is 45.8 Å². The number of rotatable bonds is 5. The Bertz CT molecular complexity index is 989. The molecule has 0 aliphatic carbocycles. The predicted molar refractivity (Wildman–Crippen MR) is 132 cm³/mol. The number of benzene rings is 3. The van der Waals surface area contributed by atoms with Crippen LogP contribution in [0.2, 0.25) is 5.04 Å². The Morgan fingerprint density at radius 2 is 1.28 bits per heavy atom. The van der Waals surface area contributed by atoms with E-state index in [4.69, 9.17) is 9.16 Å². The summed E-state index contributed by atoms with van der Waals surface area (Å²) < 4.78 is 13.1. The van der Waals surface area contributed by atoms with E-state index in [1.165, 1.54) is 10.4 Å². The molecule has 1 fully saturated rings. The summed E-state index contributed by atoms with van der Waals surface area (Å²) >= 11 is 0. The number of carbonyl (C=O) groups excluding carboxylic acids is 1. The average Bonchev–Trinajstić information content (AvgIpc) is 2.80. The van der Waals surface area contributed by atoms with Crippen molar-refractivity contribution in [3.8, 4) is 0 Å². The standard InChI is InChI=1S/C28H32O3Si/c1-21-25(20-26(29)30-27(21)22-14-8-5-9-15-22)31-32(28(2,3)4,23-16-10-6-11-17-23)24-18-12-7-13-19-24/h5-19,21,25,27H,20H2,1-4H3/t21-,25+,27+/m0/s1. The van der Waals surface area contributed by atoms with Crippen LogP contribution in [0.15, 0.2) is 91.0 Å². The van der Waals surface area contributed by atoms with Crippen LogP contribution in [0.4, 0.5) is 0 Å². The topological polar surface area (TPSA) is 35.5 Å². The van der Waals surface area contributed by atoms with Crippen molar-refractivity contribution in [2.24, 2.45) is 5.92 Å². The molecule has 0 aromatic heterocycles. The molecule has 1 aliphatic heterocycles. The molecular weight excluding hydrogens is 412 g/mol. The number of hydrogen-bond donors (Lipinski definition) is 0. The van der Waals surface area contributed by atoms with E-state index in [2.05, 4.69) is 76.2 Å². The van der Waals surface area contributed by atoms with Gasteiger partial charge in [-0.05, 0) is 21.0 Å². The van der Waals surface area contributed by atoms with E-state index in [0.29, 0.717) is 0 Å². The maximum Gasteiger partial charge on any atom is 0.309 e. The van der Waals surface area contributed by atoms with Gasteiger partial charge in [0.2, 0.25) is 0 Å². The number of cyclic esters (lactones) is 1. The molecule has 3 aromatic carbocycles. The maximum absolute atomic E-state index is 12.7. The van der Waals surface area contributed by atoms with Gasteiger partial charge < -0.3 is 9.16 Å². The highest BCUT2D eigenvalue weighted by Crippen LogP contribution is 2.42. The van der Waals surface area contributed by atoms with Gasteiger partial charge in [0.1, 0.15) is 6.10 Å². The van der Waals surface area contributed by atoms with Gasteiger partial charge in [-0.1, -0.05) is 119 Å². The molecule has 1 saturated heterocycles. The molecule has 3 nitrogen and oxygen atoms in total. The summed E-state index contributed by atoms with van der Waals surface area (Å²) in [6.07, 6.45) is -0.261. The van der Waals surface area contributed by atoms with Crippen LogP contribution in [-0.4, -0.2) is 20.4 Å². The first-order chi connectivity index (χ1) is 15.3. The third-order valence-corrected chi connectivity index (χ3v) is 11.6. The lowest BCUT2D eigenvalue weighted by molar-refractivity contribution is -0.166. The van der Waals surface area contributed by atoms with Crippen molar-refractivity contribution in [1.82, 2.24) is 0 Å². The molecule has 0 amide bonds. The Morgan fingerprint density at radius 1 is 0.812 bits per heavy atom. The van der Waals surface area contributed by atoms with E-state index >= 15 is 0 Å². The van der Waals surface area contributed by atoms with Crippen molar-refractivity contribution in [2.45, 2.75) is 51.4 Å². The molecule has 3 aromatic rings. The first kappa shape index (κ1) is 22.5. The molecule has 3 atom stereocenters. The highest BCUT2D eigenvalue weighted by molar-refractivity contribution is 6.99. The number of ether oxygens (including phenoxy) is 1. The van der Waals surface area contributed by atoms with E-state index in [9.17, 15) is 4.79 Å². The van der Waals surface area contributed by atoms with Gasteiger partial charge in [-0.2, -0.15) is 0 Å². The molecular formula is C28H32O3Si. The average molecular weight is 445 g/mol. The molecule has 0 N–H and O–H groups in total. The first-order valence-corrected chi connectivity index (χ1v) is 13.3. The predicted octanol–water partition coefficient (Wildman–Crippen LogP) is 5.26. The van der Waals surface area contributed by atoms with Crippen molar-refractivity contribution >= 4 is 24.7 Å². The molecule has 0 spiro atoms. The highest BCUT2D eigenvalue weighted by atomic mass is 28.4. The Kier molecular flexibility index (Phi) is 6.36. The van der Waals surface area contributed by atoms with Crippen LogP contribution >= 0.6 is 0 Å². The smallest absolute Gasteiger partial charge is 0.309 e. The fraction of sp³-hybridized carbons (Fsp3) is 0.321. The minimum absolute atomic E-state index is 0.0387. The van der Waals surface area contributed by atoms with Gasteiger partial charge >= 0.3 is 5.97 Å². The van der Waals surface area contributed by atoms with Crippen LogP contribution < -0.4 is 10.4 Å². The molecule has 166 valence electrons. The van der Waals surface area contributed by atoms with Crippen molar-refractivity contribution in [1.29, 1.82) is 0 Å². The minimum atomic E-state index is -2.75. The van der Waals surface area contributed by atoms with E-state index < -0.39 is 8.32 Å². The highest BCUT2D eigenvalue weighted by Gasteiger charge is 2.53. The zero-order chi connectivity index (χ0) is 22.8. The van der Waals surface area contributed by atoms with Crippen LogP contribution in [-0.2, 0) is 14.0 Å². The quantitative estimate of drug-likeness (QED) is 0.398. The van der Waals surface area contributed by atoms with Crippen molar-refractivity contribution in [3.63, 3.8) is 0 Å². The summed E-state index contributed by atoms with van der Waals surface area (Å²) in [7, 11) is -2.75. The van der Waals surface area contributed by atoms with Crippen LogP contribution in [0.5, 0.6) is 0 Å². The van der Waals surface area contributed by atoms with E-state index in [0.717, 1.165) is 5.56 Å². The summed E-state index contributed by atoms with van der Waals surface area (Å²) in [5.74, 6) is -0.156. The normalized spacial score (nSPS) is 21.8. The largest absolute Gasteiger partial charge is 0.457 e. The molecule has 0 unspecified atom stereocenters. The molecule has 32 heavy (non-hydrogen) atoms. The molecule has 1 aliphatic rings. The van der Waals surface area contributed by atoms with E-state index in [-0.39, 0.29) is 35.6 Å². The lowest BCUT2D eigenvalue weighted by Gasteiger charge is -2.47. The SMILES string of the molecule is C[C@H]1[C@H](O[Si](c2ccccc2)(c2ccccc2)C(C)(C)C)CC(=O)O[C@H]1c1ccccc1. The second-order valence-electron chi connectivity index (χ2n) is 9.70. The number of carbonyl (C=O) groups is 1. The summed E-state index contributed by atoms with van der Waals surface area (Å²) in [5, 5.41) is 2.31. The molecule has 1 heterocycles. The van der Waals surface area contributed by atoms with Gasteiger partial charge in [-0.15, -0.1) is 0 Å². The Labute approximate surface area is 192 Å². The van der Waals surface area contributed by atoms with Gasteiger partial charge in [-0.25, -0.2) is 0 Å². The summed E-state index contributed by atoms with van der Waals surface area (Å²) in [5.41, 5.74) is 1.02. The van der Waals surface area contributed by atoms with Crippen LogP contribution in [0.25, 0.3) is 0 Å². The Morgan fingerprint density at radius 3 is 1.75 bits per heavy atom. The van der Waals surface area contributed by atoms with Crippen molar-refractivity contribution in [2.75, 3.05) is 0 Å². The van der Waals surface area contributed by atoms with Crippen molar-refractivity contribution in [3.05, 3.63) is 96.6 Å². The minimum Gasteiger partial charge on any atom is -0.457 e. The fourth-order valence-corrected chi connectivity index (χ4v) is 9.69. The summed E-state index contributed by atoms with van der Waals surface area (Å²) in [6.45, 7) is 8.94. The molecule has 0 saturated carbocycles. The van der Waals surface area contributed by atoms with Crippen LogP contribution in [0.3, 0.4) is 0 Å². The zero-order valence-corrected chi connectivity index (χ0v) is 20.3. The second kappa shape index (κ2) is 9.05. The fourth-order valence-electron chi connectivity index (χ4n) is 4.92. The monoisotopic (exact) mass is 444 g/mol. The van der Waals surface area contributed by atoms with Crippen molar-refractivity contribution < 1.29 is 14.0 Å². The zero-order valence-electron chi connectivity index (χ0n) is 19.3. The van der Waals surface area contributed by atoms with Gasteiger partial charge in [0.25, 0.3) is 8.32 Å². The van der Waals surface area contributed by atoms with Crippen LogP contribution in [0, 0.1) is 5.92 Å². The molecule has 4 heteroatoms. The Balaban J connectivity index is 1.81. The Hall–Kier alpha value is -2.69. The lowest BCUT2D eigenvalue weighted by atomic mass is 9.89. The van der Waals surface area contributed by atoms with Gasteiger partial charge in [0, 0.05) is 5.92 Å². The summed E-state index contributed by atoms with van der Waals surface area (Å²) in [4.78, 5) is 12.7. The van der Waals surface area contributed by atoms with Gasteiger partial charge in [-0.3, -0.25) is 4.79 Å². The number of esters is 1. The van der Waals surface area contributed by atoms with E-state index in [1.807, 2.05) is 42.5 Å². The lowest BCUT2D eigenvalue weighted by Crippen LogP contribution is -2.68. The molecule has 0 radical (unpaired) electrons. The van der Waals surface area contributed by atoms with Gasteiger partial charge in [0.05, 0.1) is 12.5 Å². The number of hydrogen-bond acceptors (Lipinski definition) is 3. The third kappa shape index (κ3) is 4.17. The van der Waals surface area contributed by atoms with E-state index in [1.54, 1.807) is 0 Å².